The number of rotatable bonds is 5. The molecule has 0 radical (unpaired) electrons. The summed E-state index contributed by atoms with van der Waals surface area (Å²) in [6.45, 7) is -1.31. The molecule has 1 unspecified atom stereocenters. The van der Waals surface area contributed by atoms with Crippen molar-refractivity contribution >= 4 is 23.8 Å². The summed E-state index contributed by atoms with van der Waals surface area (Å²) >= 11 is 0. The second kappa shape index (κ2) is 7.59. The zero-order valence-electron chi connectivity index (χ0n) is 15.3. The van der Waals surface area contributed by atoms with Gasteiger partial charge in [0.25, 0.3) is 5.91 Å². The van der Waals surface area contributed by atoms with Crippen LogP contribution in [0.15, 0.2) is 0 Å². The maximum Gasteiger partial charge on any atom is 0.405 e. The average Bonchev–Trinajstić information content (AvgIpc) is 3.32. The predicted octanol–water partition coefficient (Wildman–Crippen LogP) is 0.911. The van der Waals surface area contributed by atoms with Crippen LogP contribution in [0.25, 0.3) is 0 Å². The Labute approximate surface area is 159 Å². The first kappa shape index (κ1) is 20.4. The zero-order chi connectivity index (χ0) is 20.5. The molecule has 0 aromatic heterocycles. The summed E-state index contributed by atoms with van der Waals surface area (Å²) in [4.78, 5) is 51.5. The van der Waals surface area contributed by atoms with Crippen LogP contribution in [0.3, 0.4) is 0 Å². The van der Waals surface area contributed by atoms with Crippen molar-refractivity contribution in [3.8, 4) is 0 Å². The van der Waals surface area contributed by atoms with Crippen LogP contribution in [-0.4, -0.2) is 70.9 Å². The van der Waals surface area contributed by atoms with E-state index < -0.39 is 42.1 Å². The van der Waals surface area contributed by atoms with E-state index in [0.29, 0.717) is 19.3 Å². The van der Waals surface area contributed by atoms with E-state index in [9.17, 15) is 32.3 Å². The highest BCUT2D eigenvalue weighted by atomic mass is 19.4. The van der Waals surface area contributed by atoms with Crippen LogP contribution in [0, 0.1) is 0 Å². The van der Waals surface area contributed by atoms with Crippen molar-refractivity contribution in [3.63, 3.8) is 0 Å². The molecule has 1 aliphatic carbocycles. The molecule has 0 aromatic rings. The predicted molar refractivity (Wildman–Crippen MR) is 89.9 cm³/mol. The number of carbonyl (C=O) groups is 4. The Bertz CT molecular complexity index is 676. The van der Waals surface area contributed by atoms with Gasteiger partial charge in [0.1, 0.15) is 18.1 Å². The fourth-order valence-corrected chi connectivity index (χ4v) is 4.19. The molecule has 0 aromatic carbocycles. The summed E-state index contributed by atoms with van der Waals surface area (Å²) in [5.41, 5.74) is -0.853. The Balaban J connectivity index is 1.55. The van der Waals surface area contributed by atoms with Gasteiger partial charge in [0.2, 0.25) is 11.8 Å². The molecule has 3 fully saturated rings. The van der Waals surface area contributed by atoms with Crippen LogP contribution in [0.4, 0.5) is 18.0 Å². The van der Waals surface area contributed by atoms with E-state index in [-0.39, 0.29) is 31.8 Å². The number of urea groups is 1. The Morgan fingerprint density at radius 1 is 1.18 bits per heavy atom. The molecule has 1 atom stereocenters. The van der Waals surface area contributed by atoms with Gasteiger partial charge in [-0.15, -0.1) is 0 Å². The molecule has 2 saturated heterocycles. The van der Waals surface area contributed by atoms with E-state index in [4.69, 9.17) is 0 Å². The molecule has 156 valence electrons. The summed E-state index contributed by atoms with van der Waals surface area (Å²) in [6.07, 6.45) is -1.06. The van der Waals surface area contributed by atoms with Crippen molar-refractivity contribution in [1.29, 1.82) is 0 Å². The molecule has 3 rings (SSSR count). The van der Waals surface area contributed by atoms with Crippen LogP contribution in [-0.2, 0) is 14.4 Å². The molecule has 28 heavy (non-hydrogen) atoms. The Morgan fingerprint density at radius 3 is 2.50 bits per heavy atom. The third kappa shape index (κ3) is 4.07. The fourth-order valence-electron chi connectivity index (χ4n) is 4.19. The van der Waals surface area contributed by atoms with Crippen molar-refractivity contribution in [2.24, 2.45) is 0 Å². The monoisotopic (exact) mass is 404 g/mol. The first-order chi connectivity index (χ1) is 13.1. The van der Waals surface area contributed by atoms with Gasteiger partial charge in [-0.05, 0) is 25.7 Å². The first-order valence-corrected chi connectivity index (χ1v) is 9.41. The largest absolute Gasteiger partial charge is 0.405 e. The van der Waals surface area contributed by atoms with Gasteiger partial charge in [-0.2, -0.15) is 13.2 Å². The number of amides is 5. The number of imide groups is 1. The van der Waals surface area contributed by atoms with Crippen LogP contribution in [0.2, 0.25) is 0 Å². The van der Waals surface area contributed by atoms with E-state index in [1.807, 2.05) is 5.32 Å². The number of alkyl halides is 3. The van der Waals surface area contributed by atoms with Crippen LogP contribution in [0.5, 0.6) is 0 Å². The summed E-state index contributed by atoms with van der Waals surface area (Å²) in [6, 6.07) is -1.49. The second-order valence-corrected chi connectivity index (χ2v) is 7.50. The minimum atomic E-state index is -4.53. The van der Waals surface area contributed by atoms with Gasteiger partial charge in [0.15, 0.2) is 0 Å². The molecular weight excluding hydrogens is 381 g/mol. The number of hydrogen-bond donors (Lipinski definition) is 2. The molecule has 8 nitrogen and oxygen atoms in total. The minimum Gasteiger partial charge on any atom is -0.345 e. The molecule has 2 aliphatic heterocycles. The summed E-state index contributed by atoms with van der Waals surface area (Å²) < 4.78 is 36.8. The number of halogens is 3. The highest BCUT2D eigenvalue weighted by molar-refractivity contribution is 6.07. The van der Waals surface area contributed by atoms with Crippen molar-refractivity contribution in [2.45, 2.75) is 62.7 Å². The summed E-state index contributed by atoms with van der Waals surface area (Å²) in [5.74, 6) is -1.63. The molecule has 11 heteroatoms. The maximum atomic E-state index is 12.6. The van der Waals surface area contributed by atoms with E-state index >= 15 is 0 Å². The number of nitrogens with one attached hydrogen (secondary N) is 2. The fraction of sp³-hybridized carbons (Fsp3) is 0.765. The van der Waals surface area contributed by atoms with Gasteiger partial charge < -0.3 is 15.5 Å². The zero-order valence-corrected chi connectivity index (χ0v) is 15.3. The van der Waals surface area contributed by atoms with Crippen molar-refractivity contribution in [2.75, 3.05) is 19.6 Å². The normalized spacial score (nSPS) is 24.2. The van der Waals surface area contributed by atoms with Crippen molar-refractivity contribution in [3.05, 3.63) is 0 Å². The molecule has 1 spiro atoms. The van der Waals surface area contributed by atoms with Gasteiger partial charge >= 0.3 is 12.2 Å². The lowest BCUT2D eigenvalue weighted by Crippen LogP contribution is -2.48. The molecule has 5 amide bonds. The smallest absolute Gasteiger partial charge is 0.345 e. The Hall–Kier alpha value is -2.33. The average molecular weight is 404 g/mol. The Kier molecular flexibility index (Phi) is 5.53. The number of hydrogen-bond acceptors (Lipinski definition) is 4. The topological polar surface area (TPSA) is 98.8 Å². The highest BCUT2D eigenvalue weighted by Crippen LogP contribution is 2.35. The standard InChI is InChI=1S/C17H23F3N4O4/c18-17(19,20)10-21-13(26)11-4-3-8-23(11)12(25)5-9-24-14(27)16(22-15(24)28)6-1-2-7-16/h11H,1-10H2,(H,21,26)(H,22,28). The SMILES string of the molecule is O=C(NCC(F)(F)F)C1CCCN1C(=O)CCN1C(=O)NC2(CCCC2)C1=O. The van der Waals surface area contributed by atoms with E-state index in [0.717, 1.165) is 17.7 Å². The molecule has 3 aliphatic rings. The number of carbonyl (C=O) groups excluding carboxylic acids is 4. The lowest BCUT2D eigenvalue weighted by Gasteiger charge is -2.25. The molecule has 2 heterocycles. The lowest BCUT2D eigenvalue weighted by atomic mass is 9.98. The van der Waals surface area contributed by atoms with E-state index in [1.165, 1.54) is 4.90 Å². The van der Waals surface area contributed by atoms with E-state index in [2.05, 4.69) is 5.32 Å². The number of nitrogens with zero attached hydrogens (tertiary/aromatic N) is 2. The first-order valence-electron chi connectivity index (χ1n) is 9.41. The quantitative estimate of drug-likeness (QED) is 0.666. The third-order valence-electron chi connectivity index (χ3n) is 5.59. The highest BCUT2D eigenvalue weighted by Gasteiger charge is 2.52. The van der Waals surface area contributed by atoms with Crippen LogP contribution >= 0.6 is 0 Å². The number of likely N-dealkylation sites (tertiary alicyclic amines) is 1. The minimum absolute atomic E-state index is 0.112. The van der Waals surface area contributed by atoms with E-state index in [1.54, 1.807) is 0 Å². The van der Waals surface area contributed by atoms with Gasteiger partial charge in [0.05, 0.1) is 0 Å². The maximum absolute atomic E-state index is 12.6. The van der Waals surface area contributed by atoms with Gasteiger partial charge in [-0.3, -0.25) is 19.3 Å². The summed E-state index contributed by atoms with van der Waals surface area (Å²) in [7, 11) is 0. The molecule has 0 bridgehead atoms. The summed E-state index contributed by atoms with van der Waals surface area (Å²) in [5, 5.41) is 4.53. The van der Waals surface area contributed by atoms with Crippen LogP contribution < -0.4 is 10.6 Å². The second-order valence-electron chi connectivity index (χ2n) is 7.50. The van der Waals surface area contributed by atoms with Gasteiger partial charge in [0, 0.05) is 19.5 Å². The lowest BCUT2D eigenvalue weighted by molar-refractivity contribution is -0.145. The van der Waals surface area contributed by atoms with Crippen molar-refractivity contribution < 1.29 is 32.3 Å². The molecule has 1 saturated carbocycles. The molecule has 2 N–H and O–H groups in total. The molecular formula is C17H23F3N4O4. The van der Waals surface area contributed by atoms with Crippen molar-refractivity contribution in [1.82, 2.24) is 20.4 Å². The van der Waals surface area contributed by atoms with Crippen LogP contribution in [0.1, 0.15) is 44.9 Å². The Morgan fingerprint density at radius 2 is 1.86 bits per heavy atom. The van der Waals surface area contributed by atoms with Gasteiger partial charge in [-0.1, -0.05) is 12.8 Å². The van der Waals surface area contributed by atoms with Gasteiger partial charge in [-0.25, -0.2) is 4.79 Å². The third-order valence-corrected chi connectivity index (χ3v) is 5.59.